The lowest BCUT2D eigenvalue weighted by molar-refractivity contribution is -0.137. The Balaban J connectivity index is 1.58. The van der Waals surface area contributed by atoms with Crippen LogP contribution in [0.2, 0.25) is 5.02 Å². The van der Waals surface area contributed by atoms with Gasteiger partial charge in [-0.1, -0.05) is 17.7 Å². The van der Waals surface area contributed by atoms with E-state index in [0.717, 1.165) is 0 Å². The zero-order valence-electron chi connectivity index (χ0n) is 15.7. The topological polar surface area (TPSA) is 70.1 Å². The van der Waals surface area contributed by atoms with E-state index in [2.05, 4.69) is 0 Å². The quantitative estimate of drug-likeness (QED) is 0.852. The van der Waals surface area contributed by atoms with Gasteiger partial charge >= 0.3 is 0 Å². The van der Waals surface area contributed by atoms with Gasteiger partial charge in [0.05, 0.1) is 0 Å². The fourth-order valence-electron chi connectivity index (χ4n) is 3.19. The van der Waals surface area contributed by atoms with E-state index < -0.39 is 6.10 Å². The molecule has 1 saturated heterocycles. The number of amides is 2. The first kappa shape index (κ1) is 20.0. The minimum atomic E-state index is -0.630. The summed E-state index contributed by atoms with van der Waals surface area (Å²) in [6.07, 6.45) is 0.0544. The number of hydrogen-bond acceptors (Lipinski definition) is 4. The van der Waals surface area contributed by atoms with Crippen molar-refractivity contribution in [2.75, 3.05) is 26.2 Å². The minimum absolute atomic E-state index is 0.0608. The monoisotopic (exact) mass is 402 g/mol. The van der Waals surface area contributed by atoms with Crippen LogP contribution in [-0.2, 0) is 4.79 Å². The Morgan fingerprint density at radius 3 is 2.43 bits per heavy atom. The van der Waals surface area contributed by atoms with E-state index in [-0.39, 0.29) is 17.6 Å². The van der Waals surface area contributed by atoms with Gasteiger partial charge < -0.3 is 19.6 Å². The normalized spacial score (nSPS) is 15.6. The van der Waals surface area contributed by atoms with Crippen LogP contribution in [0.3, 0.4) is 0 Å². The first-order valence-electron chi connectivity index (χ1n) is 9.23. The molecule has 0 bridgehead atoms. The van der Waals surface area contributed by atoms with E-state index >= 15 is 0 Å². The third kappa shape index (κ3) is 4.95. The molecule has 1 atom stereocenters. The molecule has 0 aliphatic carbocycles. The van der Waals surface area contributed by atoms with E-state index in [1.807, 2.05) is 0 Å². The van der Waals surface area contributed by atoms with Crippen molar-refractivity contribution < 1.29 is 19.4 Å². The molecule has 2 amide bonds. The van der Waals surface area contributed by atoms with Crippen molar-refractivity contribution in [2.45, 2.75) is 19.4 Å². The summed E-state index contributed by atoms with van der Waals surface area (Å²) in [6.45, 7) is 3.73. The van der Waals surface area contributed by atoms with Crippen LogP contribution in [0.25, 0.3) is 0 Å². The van der Waals surface area contributed by atoms with E-state index in [0.29, 0.717) is 48.9 Å². The Labute approximate surface area is 169 Å². The fraction of sp³-hybridized carbons (Fsp3) is 0.333. The number of rotatable bonds is 4. The largest absolute Gasteiger partial charge is 0.508 e. The first-order valence-corrected chi connectivity index (χ1v) is 9.61. The summed E-state index contributed by atoms with van der Waals surface area (Å²) in [4.78, 5) is 28.9. The van der Waals surface area contributed by atoms with Gasteiger partial charge in [-0.05, 0) is 55.8 Å². The number of benzene rings is 2. The summed E-state index contributed by atoms with van der Waals surface area (Å²) < 4.78 is 5.72. The Kier molecular flexibility index (Phi) is 6.41. The highest BCUT2D eigenvalue weighted by Gasteiger charge is 2.26. The Morgan fingerprint density at radius 2 is 1.71 bits per heavy atom. The number of hydrogen-bond donors (Lipinski definition) is 1. The maximum atomic E-state index is 12.8. The summed E-state index contributed by atoms with van der Waals surface area (Å²) in [7, 11) is 0. The van der Waals surface area contributed by atoms with Gasteiger partial charge in [-0.25, -0.2) is 0 Å². The maximum absolute atomic E-state index is 12.8. The highest BCUT2D eigenvalue weighted by molar-refractivity contribution is 6.30. The van der Waals surface area contributed by atoms with Crippen molar-refractivity contribution in [1.29, 1.82) is 0 Å². The lowest BCUT2D eigenvalue weighted by Gasteiger charge is -2.25. The molecule has 1 aliphatic rings. The second kappa shape index (κ2) is 8.97. The van der Waals surface area contributed by atoms with Crippen LogP contribution in [0.4, 0.5) is 0 Å². The van der Waals surface area contributed by atoms with Crippen LogP contribution in [0, 0.1) is 0 Å². The molecule has 1 fully saturated rings. The number of halogens is 1. The number of carbonyl (C=O) groups excluding carboxylic acids is 2. The highest BCUT2D eigenvalue weighted by atomic mass is 35.5. The molecule has 7 heteroatoms. The predicted molar refractivity (Wildman–Crippen MR) is 107 cm³/mol. The van der Waals surface area contributed by atoms with Crippen molar-refractivity contribution in [3.63, 3.8) is 0 Å². The van der Waals surface area contributed by atoms with Gasteiger partial charge in [0, 0.05) is 36.8 Å². The van der Waals surface area contributed by atoms with E-state index in [4.69, 9.17) is 16.3 Å². The molecule has 0 spiro atoms. The number of phenolic OH excluding ortho intramolecular Hbond substituents is 1. The van der Waals surface area contributed by atoms with Crippen LogP contribution in [-0.4, -0.2) is 59.0 Å². The zero-order valence-corrected chi connectivity index (χ0v) is 16.4. The van der Waals surface area contributed by atoms with Gasteiger partial charge in [0.25, 0.3) is 11.8 Å². The molecule has 6 nitrogen and oxygen atoms in total. The van der Waals surface area contributed by atoms with Gasteiger partial charge in [-0.15, -0.1) is 0 Å². The highest BCUT2D eigenvalue weighted by Crippen LogP contribution is 2.18. The molecule has 28 heavy (non-hydrogen) atoms. The lowest BCUT2D eigenvalue weighted by Crippen LogP contribution is -2.43. The molecule has 0 saturated carbocycles. The van der Waals surface area contributed by atoms with Crippen molar-refractivity contribution in [3.05, 3.63) is 59.1 Å². The van der Waals surface area contributed by atoms with E-state index in [9.17, 15) is 14.7 Å². The zero-order chi connectivity index (χ0) is 20.1. The Hall–Kier alpha value is -2.73. The Bertz CT molecular complexity index is 841. The molecular weight excluding hydrogens is 380 g/mol. The van der Waals surface area contributed by atoms with Gasteiger partial charge in [0.15, 0.2) is 6.10 Å². The third-order valence-electron chi connectivity index (χ3n) is 4.66. The van der Waals surface area contributed by atoms with Gasteiger partial charge in [-0.3, -0.25) is 9.59 Å². The number of aromatic hydroxyl groups is 1. The minimum Gasteiger partial charge on any atom is -0.508 e. The Morgan fingerprint density at radius 1 is 1.04 bits per heavy atom. The van der Waals surface area contributed by atoms with Crippen LogP contribution >= 0.6 is 11.6 Å². The van der Waals surface area contributed by atoms with Crippen LogP contribution in [0.5, 0.6) is 11.5 Å². The van der Waals surface area contributed by atoms with Gasteiger partial charge in [0.2, 0.25) is 0 Å². The van der Waals surface area contributed by atoms with Crippen molar-refractivity contribution in [2.24, 2.45) is 0 Å². The van der Waals surface area contributed by atoms with Gasteiger partial charge in [0.1, 0.15) is 11.5 Å². The molecule has 1 aliphatic heterocycles. The lowest BCUT2D eigenvalue weighted by atomic mass is 10.2. The molecule has 0 aromatic heterocycles. The van der Waals surface area contributed by atoms with E-state index in [1.54, 1.807) is 53.1 Å². The number of nitrogens with zero attached hydrogens (tertiary/aromatic N) is 2. The number of carbonyl (C=O) groups is 2. The van der Waals surface area contributed by atoms with Crippen molar-refractivity contribution in [1.82, 2.24) is 9.80 Å². The molecule has 0 radical (unpaired) electrons. The van der Waals surface area contributed by atoms with Crippen LogP contribution < -0.4 is 4.74 Å². The summed E-state index contributed by atoms with van der Waals surface area (Å²) in [5.74, 6) is 0.392. The summed E-state index contributed by atoms with van der Waals surface area (Å²) in [6, 6.07) is 13.2. The average molecular weight is 403 g/mol. The second-order valence-corrected chi connectivity index (χ2v) is 7.17. The molecule has 2 aromatic rings. The maximum Gasteiger partial charge on any atom is 0.263 e. The van der Waals surface area contributed by atoms with Gasteiger partial charge in [-0.2, -0.15) is 0 Å². The van der Waals surface area contributed by atoms with Crippen LogP contribution in [0.15, 0.2) is 48.5 Å². The van der Waals surface area contributed by atoms with Crippen LogP contribution in [0.1, 0.15) is 23.7 Å². The summed E-state index contributed by atoms with van der Waals surface area (Å²) >= 11 is 5.87. The predicted octanol–water partition coefficient (Wildman–Crippen LogP) is 3.19. The number of ether oxygens (including phenoxy) is 1. The summed E-state index contributed by atoms with van der Waals surface area (Å²) in [5, 5.41) is 10.2. The fourth-order valence-corrected chi connectivity index (χ4v) is 3.31. The molecular formula is C21H23ClN2O4. The smallest absolute Gasteiger partial charge is 0.263 e. The van der Waals surface area contributed by atoms with Crippen molar-refractivity contribution in [3.8, 4) is 11.5 Å². The molecule has 3 rings (SSSR count). The standard InChI is InChI=1S/C21H23ClN2O4/c1-15(28-19-8-6-17(22)7-9-19)20(26)23-10-3-11-24(13-12-23)21(27)16-4-2-5-18(25)14-16/h2,4-9,14-15,25H,3,10-13H2,1H3. The molecule has 1 N–H and O–H groups in total. The third-order valence-corrected chi connectivity index (χ3v) is 4.91. The summed E-state index contributed by atoms with van der Waals surface area (Å²) in [5.41, 5.74) is 0.444. The molecule has 148 valence electrons. The first-order chi connectivity index (χ1) is 13.4. The molecule has 1 heterocycles. The van der Waals surface area contributed by atoms with E-state index in [1.165, 1.54) is 12.1 Å². The SMILES string of the molecule is CC(Oc1ccc(Cl)cc1)C(=O)N1CCCN(C(=O)c2cccc(O)c2)CC1. The number of phenols is 1. The molecule has 2 aromatic carbocycles. The average Bonchev–Trinajstić information content (AvgIpc) is 2.94. The molecule has 1 unspecified atom stereocenters. The van der Waals surface area contributed by atoms with Crippen molar-refractivity contribution >= 4 is 23.4 Å². The second-order valence-electron chi connectivity index (χ2n) is 6.74.